The van der Waals surface area contributed by atoms with E-state index in [0.29, 0.717) is 12.6 Å². The van der Waals surface area contributed by atoms with Gasteiger partial charge in [0.1, 0.15) is 5.75 Å². The van der Waals surface area contributed by atoms with Crippen molar-refractivity contribution in [1.82, 2.24) is 5.32 Å². The number of hydrogen-bond acceptors (Lipinski definition) is 2. The third kappa shape index (κ3) is 4.03. The van der Waals surface area contributed by atoms with Crippen molar-refractivity contribution in [3.05, 3.63) is 28.8 Å². The summed E-state index contributed by atoms with van der Waals surface area (Å²) in [6.45, 7) is 7.80. The summed E-state index contributed by atoms with van der Waals surface area (Å²) in [5.41, 5.74) is 1.12. The Kier molecular flexibility index (Phi) is 5.64. The molecule has 0 aliphatic rings. The second-order valence-corrected chi connectivity index (χ2v) is 4.31. The average molecular weight is 242 g/mol. The molecule has 0 amide bonds. The highest BCUT2D eigenvalue weighted by Crippen LogP contribution is 2.23. The van der Waals surface area contributed by atoms with Gasteiger partial charge in [0.15, 0.2) is 0 Å². The summed E-state index contributed by atoms with van der Waals surface area (Å²) >= 11 is 5.98. The molecule has 0 radical (unpaired) electrons. The molecule has 0 bridgehead atoms. The number of hydrogen-bond donors (Lipinski definition) is 1. The number of nitrogens with one attached hydrogen (secondary N) is 1. The molecule has 1 aromatic rings. The van der Waals surface area contributed by atoms with Gasteiger partial charge in [-0.3, -0.25) is 0 Å². The summed E-state index contributed by atoms with van der Waals surface area (Å²) in [6.07, 6.45) is 1.12. The van der Waals surface area contributed by atoms with E-state index in [4.69, 9.17) is 16.3 Å². The van der Waals surface area contributed by atoms with Crippen molar-refractivity contribution in [3.63, 3.8) is 0 Å². The molecule has 0 aliphatic heterocycles. The molecular formula is C13H20ClNO. The molecule has 0 fully saturated rings. The minimum Gasteiger partial charge on any atom is -0.494 e. The topological polar surface area (TPSA) is 21.3 Å². The smallest absolute Gasteiger partial charge is 0.123 e. The van der Waals surface area contributed by atoms with E-state index in [1.54, 1.807) is 0 Å². The van der Waals surface area contributed by atoms with Gasteiger partial charge in [-0.25, -0.2) is 0 Å². The van der Waals surface area contributed by atoms with Crippen LogP contribution >= 0.6 is 11.6 Å². The molecule has 1 atom stereocenters. The van der Waals surface area contributed by atoms with Crippen LogP contribution in [-0.2, 0) is 6.54 Å². The molecule has 0 unspecified atom stereocenters. The second kappa shape index (κ2) is 6.77. The van der Waals surface area contributed by atoms with Crippen molar-refractivity contribution in [1.29, 1.82) is 0 Å². The summed E-state index contributed by atoms with van der Waals surface area (Å²) in [5.74, 6) is 0.919. The highest BCUT2D eigenvalue weighted by molar-refractivity contribution is 6.30. The zero-order chi connectivity index (χ0) is 12.0. The lowest BCUT2D eigenvalue weighted by Gasteiger charge is -2.14. The van der Waals surface area contributed by atoms with Gasteiger partial charge in [0.2, 0.25) is 0 Å². The van der Waals surface area contributed by atoms with Crippen molar-refractivity contribution in [3.8, 4) is 5.75 Å². The third-order valence-electron chi connectivity index (χ3n) is 2.58. The Hall–Kier alpha value is -0.730. The molecule has 2 nitrogen and oxygen atoms in total. The summed E-state index contributed by atoms with van der Waals surface area (Å²) in [6, 6.07) is 6.26. The molecule has 0 saturated heterocycles. The fourth-order valence-corrected chi connectivity index (χ4v) is 1.61. The molecule has 0 spiro atoms. The first-order chi connectivity index (χ1) is 7.67. The molecule has 1 aromatic carbocycles. The Morgan fingerprint density at radius 1 is 1.38 bits per heavy atom. The molecule has 3 heteroatoms. The molecule has 1 N–H and O–H groups in total. The van der Waals surface area contributed by atoms with Crippen LogP contribution in [0.4, 0.5) is 0 Å². The summed E-state index contributed by atoms with van der Waals surface area (Å²) in [5, 5.41) is 4.19. The first-order valence-electron chi connectivity index (χ1n) is 5.82. The molecule has 16 heavy (non-hydrogen) atoms. The van der Waals surface area contributed by atoms with Crippen LogP contribution in [0.25, 0.3) is 0 Å². The number of halogens is 1. The predicted molar refractivity (Wildman–Crippen MR) is 69.2 cm³/mol. The Labute approximate surface area is 103 Å². The van der Waals surface area contributed by atoms with Crippen molar-refractivity contribution < 1.29 is 4.74 Å². The highest BCUT2D eigenvalue weighted by atomic mass is 35.5. The van der Waals surface area contributed by atoms with Gasteiger partial charge in [-0.1, -0.05) is 18.5 Å². The zero-order valence-corrected chi connectivity index (χ0v) is 11.0. The molecule has 1 rings (SSSR count). The van der Waals surface area contributed by atoms with Crippen LogP contribution in [0.3, 0.4) is 0 Å². The van der Waals surface area contributed by atoms with E-state index in [-0.39, 0.29) is 0 Å². The SMILES string of the molecule is CCOc1ccc(Cl)cc1CN[C@@H](C)CC. The van der Waals surface area contributed by atoms with Crippen molar-refractivity contribution >= 4 is 11.6 Å². The average Bonchev–Trinajstić information content (AvgIpc) is 2.29. The van der Waals surface area contributed by atoms with Crippen LogP contribution < -0.4 is 10.1 Å². The van der Waals surface area contributed by atoms with Gasteiger partial charge in [0.25, 0.3) is 0 Å². The van der Waals surface area contributed by atoms with Gasteiger partial charge in [-0.2, -0.15) is 0 Å². The van der Waals surface area contributed by atoms with E-state index in [1.807, 2.05) is 25.1 Å². The molecule has 90 valence electrons. The van der Waals surface area contributed by atoms with E-state index in [2.05, 4.69) is 19.2 Å². The number of rotatable bonds is 6. The van der Waals surface area contributed by atoms with Gasteiger partial charge >= 0.3 is 0 Å². The summed E-state index contributed by atoms with van der Waals surface area (Å²) in [4.78, 5) is 0. The normalized spacial score (nSPS) is 12.5. The maximum absolute atomic E-state index is 5.98. The Morgan fingerprint density at radius 2 is 2.12 bits per heavy atom. The minimum absolute atomic E-state index is 0.508. The molecule has 0 aromatic heterocycles. The van der Waals surface area contributed by atoms with Gasteiger partial charge in [-0.15, -0.1) is 0 Å². The van der Waals surface area contributed by atoms with Crippen LogP contribution in [0.1, 0.15) is 32.8 Å². The van der Waals surface area contributed by atoms with Crippen molar-refractivity contribution in [2.24, 2.45) is 0 Å². The van der Waals surface area contributed by atoms with Crippen molar-refractivity contribution in [2.45, 2.75) is 39.8 Å². The first kappa shape index (κ1) is 13.3. The standard InChI is InChI=1S/C13H20ClNO/c1-4-10(3)15-9-11-8-12(14)6-7-13(11)16-5-2/h6-8,10,15H,4-5,9H2,1-3H3/t10-/m0/s1. The molecule has 0 aliphatic carbocycles. The first-order valence-corrected chi connectivity index (χ1v) is 6.19. The van der Waals surface area contributed by atoms with E-state index in [9.17, 15) is 0 Å². The number of ether oxygens (including phenoxy) is 1. The summed E-state index contributed by atoms with van der Waals surface area (Å²) < 4.78 is 5.56. The van der Waals surface area contributed by atoms with Gasteiger partial charge < -0.3 is 10.1 Å². The predicted octanol–water partition coefficient (Wildman–Crippen LogP) is 3.63. The van der Waals surface area contributed by atoms with Crippen LogP contribution in [-0.4, -0.2) is 12.6 Å². The fourth-order valence-electron chi connectivity index (χ4n) is 1.41. The lowest BCUT2D eigenvalue weighted by Crippen LogP contribution is -2.24. The van der Waals surface area contributed by atoms with E-state index >= 15 is 0 Å². The largest absolute Gasteiger partial charge is 0.494 e. The summed E-state index contributed by atoms with van der Waals surface area (Å²) in [7, 11) is 0. The third-order valence-corrected chi connectivity index (χ3v) is 2.81. The zero-order valence-electron chi connectivity index (χ0n) is 10.2. The maximum Gasteiger partial charge on any atom is 0.123 e. The second-order valence-electron chi connectivity index (χ2n) is 3.88. The van der Waals surface area contributed by atoms with Crippen molar-refractivity contribution in [2.75, 3.05) is 6.61 Å². The van der Waals surface area contributed by atoms with Crippen LogP contribution in [0, 0.1) is 0 Å². The van der Waals surface area contributed by atoms with Gasteiger partial charge in [-0.05, 0) is 38.5 Å². The van der Waals surface area contributed by atoms with Crippen LogP contribution in [0.15, 0.2) is 18.2 Å². The lowest BCUT2D eigenvalue weighted by atomic mass is 10.1. The molecule has 0 saturated carbocycles. The van der Waals surface area contributed by atoms with Gasteiger partial charge in [0, 0.05) is 23.2 Å². The van der Waals surface area contributed by atoms with Gasteiger partial charge in [0.05, 0.1) is 6.61 Å². The lowest BCUT2D eigenvalue weighted by molar-refractivity contribution is 0.334. The highest BCUT2D eigenvalue weighted by Gasteiger charge is 2.05. The van der Waals surface area contributed by atoms with E-state index in [0.717, 1.165) is 29.3 Å². The molecule has 0 heterocycles. The Morgan fingerprint density at radius 3 is 2.75 bits per heavy atom. The van der Waals surface area contributed by atoms with Crippen LogP contribution in [0.5, 0.6) is 5.75 Å². The van der Waals surface area contributed by atoms with E-state index in [1.165, 1.54) is 0 Å². The number of benzene rings is 1. The maximum atomic E-state index is 5.98. The quantitative estimate of drug-likeness (QED) is 0.821. The molecular weight excluding hydrogens is 222 g/mol. The minimum atomic E-state index is 0.508. The Balaban J connectivity index is 2.71. The van der Waals surface area contributed by atoms with Crippen LogP contribution in [0.2, 0.25) is 5.02 Å². The fraction of sp³-hybridized carbons (Fsp3) is 0.538. The van der Waals surface area contributed by atoms with E-state index < -0.39 is 0 Å². The monoisotopic (exact) mass is 241 g/mol. The Bertz CT molecular complexity index is 328.